The first-order chi connectivity index (χ1) is 8.90. The first kappa shape index (κ1) is 15.7. The van der Waals surface area contributed by atoms with Crippen molar-refractivity contribution in [2.45, 2.75) is 39.5 Å². The molecule has 5 heteroatoms. The van der Waals surface area contributed by atoms with Crippen molar-refractivity contribution in [1.29, 1.82) is 0 Å². The van der Waals surface area contributed by atoms with Gasteiger partial charge in [0.15, 0.2) is 0 Å². The maximum Gasteiger partial charge on any atom is 0.305 e. The van der Waals surface area contributed by atoms with Gasteiger partial charge in [-0.05, 0) is 38.3 Å². The molecule has 4 nitrogen and oxygen atoms in total. The number of hydrogen-bond acceptors (Lipinski definition) is 3. The molecule has 0 radical (unpaired) electrons. The van der Waals surface area contributed by atoms with Gasteiger partial charge >= 0.3 is 5.97 Å². The highest BCUT2D eigenvalue weighted by atomic mass is 32.1. The third kappa shape index (κ3) is 5.42. The lowest BCUT2D eigenvalue weighted by molar-refractivity contribution is -0.138. The van der Waals surface area contributed by atoms with Gasteiger partial charge in [-0.15, -0.1) is 11.3 Å². The summed E-state index contributed by atoms with van der Waals surface area (Å²) in [5, 5.41) is 8.56. The van der Waals surface area contributed by atoms with Gasteiger partial charge in [-0.2, -0.15) is 0 Å². The number of hydrogen-bond donors (Lipinski definition) is 1. The first-order valence-electron chi connectivity index (χ1n) is 6.42. The summed E-state index contributed by atoms with van der Waals surface area (Å²) < 4.78 is 0. The van der Waals surface area contributed by atoms with Crippen molar-refractivity contribution in [1.82, 2.24) is 4.90 Å². The summed E-state index contributed by atoms with van der Waals surface area (Å²) in [7, 11) is 1.66. The van der Waals surface area contributed by atoms with E-state index in [1.807, 2.05) is 0 Å². The van der Waals surface area contributed by atoms with Crippen LogP contribution in [0.2, 0.25) is 0 Å². The molecule has 1 aromatic heterocycles. The van der Waals surface area contributed by atoms with Crippen molar-refractivity contribution < 1.29 is 14.7 Å². The van der Waals surface area contributed by atoms with Gasteiger partial charge in [-0.1, -0.05) is 0 Å². The normalized spacial score (nSPS) is 10.5. The van der Waals surface area contributed by atoms with Crippen LogP contribution in [-0.2, 0) is 16.0 Å². The molecule has 0 bridgehead atoms. The molecule has 0 saturated carbocycles. The molecule has 0 fully saturated rings. The molecule has 1 aromatic rings. The Morgan fingerprint density at radius 3 is 2.53 bits per heavy atom. The number of carbonyl (C=O) groups excluding carboxylic acids is 1. The minimum atomic E-state index is -0.871. The average Bonchev–Trinajstić information content (AvgIpc) is 2.64. The molecular formula is C14H21NO3S. The zero-order chi connectivity index (χ0) is 14.4. The zero-order valence-corrected chi connectivity index (χ0v) is 12.5. The van der Waals surface area contributed by atoms with Crippen molar-refractivity contribution >= 4 is 23.2 Å². The third-order valence-electron chi connectivity index (χ3n) is 3.07. The highest BCUT2D eigenvalue weighted by Crippen LogP contribution is 2.22. The fraction of sp³-hybridized carbons (Fsp3) is 0.571. The van der Waals surface area contributed by atoms with Gasteiger partial charge in [-0.25, -0.2) is 0 Å². The Morgan fingerprint density at radius 2 is 2.00 bits per heavy atom. The van der Waals surface area contributed by atoms with Crippen LogP contribution in [-0.4, -0.2) is 35.5 Å². The molecule has 1 rings (SSSR count). The van der Waals surface area contributed by atoms with Gasteiger partial charge in [0.2, 0.25) is 5.91 Å². The molecule has 1 amide bonds. The molecule has 0 saturated heterocycles. The molecule has 0 aromatic carbocycles. The number of aryl methyl sites for hydroxylation is 3. The van der Waals surface area contributed by atoms with E-state index in [1.54, 1.807) is 18.4 Å². The summed E-state index contributed by atoms with van der Waals surface area (Å²) in [6.07, 6.45) is 2.21. The van der Waals surface area contributed by atoms with E-state index in [2.05, 4.69) is 19.9 Å². The van der Waals surface area contributed by atoms with Gasteiger partial charge in [0.1, 0.15) is 0 Å². The molecule has 0 unspecified atom stereocenters. The van der Waals surface area contributed by atoms with E-state index in [0.29, 0.717) is 6.42 Å². The Morgan fingerprint density at radius 1 is 1.32 bits per heavy atom. The maximum atomic E-state index is 11.8. The SMILES string of the molecule is Cc1cc(CCCC(=O)N(C)CCC(=O)O)c(C)s1. The largest absolute Gasteiger partial charge is 0.481 e. The number of carboxylic acid groups (broad SMARTS) is 1. The van der Waals surface area contributed by atoms with Crippen LogP contribution in [0.25, 0.3) is 0 Å². The number of aliphatic carboxylic acids is 1. The topological polar surface area (TPSA) is 57.6 Å². The van der Waals surface area contributed by atoms with Crippen molar-refractivity contribution in [3.63, 3.8) is 0 Å². The first-order valence-corrected chi connectivity index (χ1v) is 7.23. The van der Waals surface area contributed by atoms with Crippen LogP contribution in [0.1, 0.15) is 34.6 Å². The van der Waals surface area contributed by atoms with Crippen LogP contribution in [0, 0.1) is 13.8 Å². The predicted octanol–water partition coefficient (Wildman–Crippen LogP) is 2.62. The van der Waals surface area contributed by atoms with Crippen LogP contribution in [0.4, 0.5) is 0 Å². The molecule has 19 heavy (non-hydrogen) atoms. The monoisotopic (exact) mass is 283 g/mol. The van der Waals surface area contributed by atoms with Gasteiger partial charge in [0.05, 0.1) is 6.42 Å². The van der Waals surface area contributed by atoms with Crippen LogP contribution in [0.3, 0.4) is 0 Å². The fourth-order valence-electron chi connectivity index (χ4n) is 1.94. The van der Waals surface area contributed by atoms with E-state index in [9.17, 15) is 9.59 Å². The second-order valence-electron chi connectivity index (χ2n) is 4.75. The summed E-state index contributed by atoms with van der Waals surface area (Å²) in [5.41, 5.74) is 1.32. The minimum Gasteiger partial charge on any atom is -0.481 e. The lowest BCUT2D eigenvalue weighted by atomic mass is 10.1. The Balaban J connectivity index is 2.30. The number of carbonyl (C=O) groups is 2. The quantitative estimate of drug-likeness (QED) is 0.837. The molecule has 0 atom stereocenters. The van der Waals surface area contributed by atoms with Gasteiger partial charge in [-0.3, -0.25) is 9.59 Å². The molecule has 1 N–H and O–H groups in total. The predicted molar refractivity (Wildman–Crippen MR) is 76.6 cm³/mol. The summed E-state index contributed by atoms with van der Waals surface area (Å²) in [6.45, 7) is 4.48. The molecule has 0 aliphatic heterocycles. The van der Waals surface area contributed by atoms with Crippen molar-refractivity contribution in [2.24, 2.45) is 0 Å². The van der Waals surface area contributed by atoms with E-state index >= 15 is 0 Å². The Labute approximate surface area is 118 Å². The van der Waals surface area contributed by atoms with Gasteiger partial charge < -0.3 is 10.0 Å². The van der Waals surface area contributed by atoms with Gasteiger partial charge in [0.25, 0.3) is 0 Å². The highest BCUT2D eigenvalue weighted by Gasteiger charge is 2.10. The number of rotatable bonds is 7. The second kappa shape index (κ2) is 7.28. The van der Waals surface area contributed by atoms with Crippen LogP contribution in [0.5, 0.6) is 0 Å². The summed E-state index contributed by atoms with van der Waals surface area (Å²) >= 11 is 1.79. The third-order valence-corrected chi connectivity index (χ3v) is 4.08. The summed E-state index contributed by atoms with van der Waals surface area (Å²) in [4.78, 5) is 26.3. The number of amides is 1. The molecular weight excluding hydrogens is 262 g/mol. The van der Waals surface area contributed by atoms with E-state index in [-0.39, 0.29) is 18.9 Å². The van der Waals surface area contributed by atoms with Crippen LogP contribution < -0.4 is 0 Å². The Bertz CT molecular complexity index is 454. The minimum absolute atomic E-state index is 0.00503. The van der Waals surface area contributed by atoms with E-state index < -0.39 is 5.97 Å². The Kier molecular flexibility index (Phi) is 6.02. The van der Waals surface area contributed by atoms with Crippen molar-refractivity contribution in [2.75, 3.05) is 13.6 Å². The summed E-state index contributed by atoms with van der Waals surface area (Å²) in [5.74, 6) is -0.852. The molecule has 0 aliphatic rings. The van der Waals surface area contributed by atoms with E-state index in [4.69, 9.17) is 5.11 Å². The van der Waals surface area contributed by atoms with Gasteiger partial charge in [0, 0.05) is 29.8 Å². The van der Waals surface area contributed by atoms with Crippen LogP contribution in [0.15, 0.2) is 6.07 Å². The second-order valence-corrected chi connectivity index (χ2v) is 6.21. The summed E-state index contributed by atoms with van der Waals surface area (Å²) in [6, 6.07) is 2.18. The van der Waals surface area contributed by atoms with E-state index in [0.717, 1.165) is 12.8 Å². The number of nitrogens with zero attached hydrogens (tertiary/aromatic N) is 1. The lowest BCUT2D eigenvalue weighted by Crippen LogP contribution is -2.28. The highest BCUT2D eigenvalue weighted by molar-refractivity contribution is 7.12. The van der Waals surface area contributed by atoms with Crippen molar-refractivity contribution in [3.8, 4) is 0 Å². The smallest absolute Gasteiger partial charge is 0.305 e. The molecule has 106 valence electrons. The molecule has 1 heterocycles. The molecule has 0 spiro atoms. The lowest BCUT2D eigenvalue weighted by Gasteiger charge is -2.15. The number of carboxylic acids is 1. The van der Waals surface area contributed by atoms with Crippen molar-refractivity contribution in [3.05, 3.63) is 21.4 Å². The zero-order valence-electron chi connectivity index (χ0n) is 11.7. The van der Waals surface area contributed by atoms with Crippen LogP contribution >= 0.6 is 11.3 Å². The maximum absolute atomic E-state index is 11.8. The molecule has 0 aliphatic carbocycles. The Hall–Kier alpha value is -1.36. The van der Waals surface area contributed by atoms with E-state index in [1.165, 1.54) is 20.2 Å². The fourth-order valence-corrected chi connectivity index (χ4v) is 2.92. The average molecular weight is 283 g/mol. The number of thiophene rings is 1. The standard InChI is InChI=1S/C14H21NO3S/c1-10-9-12(11(2)19-10)5-4-6-13(16)15(3)8-7-14(17)18/h9H,4-8H2,1-3H3,(H,17,18).